The zero-order chi connectivity index (χ0) is 16.5. The number of halogens is 1. The quantitative estimate of drug-likeness (QED) is 0.631. The van der Waals surface area contributed by atoms with Crippen molar-refractivity contribution in [2.24, 2.45) is 4.99 Å². The second-order valence-corrected chi connectivity index (χ2v) is 5.45. The molecule has 1 heterocycles. The van der Waals surface area contributed by atoms with Crippen LogP contribution in [0.15, 0.2) is 53.7 Å². The highest BCUT2D eigenvalue weighted by Crippen LogP contribution is 2.16. The van der Waals surface area contributed by atoms with Crippen LogP contribution in [0.5, 0.6) is 5.75 Å². The summed E-state index contributed by atoms with van der Waals surface area (Å²) in [5.74, 6) is 1.50. The van der Waals surface area contributed by atoms with Gasteiger partial charge in [0.15, 0.2) is 5.96 Å². The second kappa shape index (κ2) is 9.00. The van der Waals surface area contributed by atoms with Crippen molar-refractivity contribution in [3.63, 3.8) is 0 Å². The van der Waals surface area contributed by atoms with E-state index >= 15 is 0 Å². The maximum absolute atomic E-state index is 5.86. The minimum atomic E-state index is -0.00965. The lowest BCUT2D eigenvalue weighted by molar-refractivity contribution is 0.224. The van der Waals surface area contributed by atoms with E-state index < -0.39 is 0 Å². The van der Waals surface area contributed by atoms with E-state index in [1.54, 1.807) is 13.2 Å². The van der Waals surface area contributed by atoms with Gasteiger partial charge in [-0.2, -0.15) is 0 Å². The number of rotatable bonds is 6. The average Bonchev–Trinajstić information content (AvgIpc) is 2.58. The highest BCUT2D eigenvalue weighted by Gasteiger charge is 2.06. The Balaban J connectivity index is 1.75. The van der Waals surface area contributed by atoms with Gasteiger partial charge >= 0.3 is 0 Å². The summed E-state index contributed by atoms with van der Waals surface area (Å²) in [7, 11) is 1.73. The summed E-state index contributed by atoms with van der Waals surface area (Å²) < 4.78 is 5.81. The molecule has 1 atom stereocenters. The van der Waals surface area contributed by atoms with Crippen molar-refractivity contribution in [2.45, 2.75) is 19.6 Å². The molecule has 2 N–H and O–H groups in total. The van der Waals surface area contributed by atoms with E-state index in [1.165, 1.54) is 0 Å². The average molecular weight is 333 g/mol. The van der Waals surface area contributed by atoms with Crippen LogP contribution in [-0.2, 0) is 6.54 Å². The largest absolute Gasteiger partial charge is 0.489 e. The first-order valence-corrected chi connectivity index (χ1v) is 7.82. The van der Waals surface area contributed by atoms with E-state index in [2.05, 4.69) is 20.6 Å². The Labute approximate surface area is 141 Å². The summed E-state index contributed by atoms with van der Waals surface area (Å²) >= 11 is 5.86. The molecule has 0 bridgehead atoms. The number of aliphatic imine (C=N–C) groups is 1. The first-order chi connectivity index (χ1) is 11.2. The molecule has 1 aromatic carbocycles. The van der Waals surface area contributed by atoms with Crippen molar-refractivity contribution in [1.29, 1.82) is 0 Å². The van der Waals surface area contributed by atoms with Crippen molar-refractivity contribution < 1.29 is 4.74 Å². The maximum Gasteiger partial charge on any atom is 0.191 e. The normalized spacial score (nSPS) is 12.6. The standard InChI is InChI=1S/C17H21ClN4O/c1-13(23-16-8-6-14(18)7-9-16)11-21-17(19-2)22-12-15-5-3-4-10-20-15/h3-10,13H,11-12H2,1-2H3,(H2,19,21,22). The fourth-order valence-corrected chi connectivity index (χ4v) is 2.05. The monoisotopic (exact) mass is 332 g/mol. The van der Waals surface area contributed by atoms with Crippen LogP contribution in [0.1, 0.15) is 12.6 Å². The van der Waals surface area contributed by atoms with Gasteiger partial charge in [0.1, 0.15) is 11.9 Å². The predicted molar refractivity (Wildman–Crippen MR) is 94.0 cm³/mol. The van der Waals surface area contributed by atoms with Gasteiger partial charge < -0.3 is 15.4 Å². The molecule has 6 heteroatoms. The van der Waals surface area contributed by atoms with E-state index in [9.17, 15) is 0 Å². The molecule has 0 saturated carbocycles. The first kappa shape index (κ1) is 17.1. The van der Waals surface area contributed by atoms with Crippen molar-refractivity contribution >= 4 is 17.6 Å². The third-order valence-electron chi connectivity index (χ3n) is 3.09. The molecule has 5 nitrogen and oxygen atoms in total. The summed E-state index contributed by atoms with van der Waals surface area (Å²) in [6, 6.07) is 13.1. The van der Waals surface area contributed by atoms with Crippen LogP contribution < -0.4 is 15.4 Å². The highest BCUT2D eigenvalue weighted by molar-refractivity contribution is 6.30. The second-order valence-electron chi connectivity index (χ2n) is 5.01. The summed E-state index contributed by atoms with van der Waals surface area (Å²) in [5, 5.41) is 7.14. The van der Waals surface area contributed by atoms with Crippen LogP contribution >= 0.6 is 11.6 Å². The van der Waals surface area contributed by atoms with Gasteiger partial charge in [0.25, 0.3) is 0 Å². The number of hydrogen-bond donors (Lipinski definition) is 2. The van der Waals surface area contributed by atoms with E-state index in [1.807, 2.05) is 49.4 Å². The van der Waals surface area contributed by atoms with Gasteiger partial charge in [-0.05, 0) is 43.3 Å². The molecule has 0 radical (unpaired) electrons. The number of aromatic nitrogens is 1. The Hall–Kier alpha value is -2.27. The van der Waals surface area contributed by atoms with Crippen LogP contribution in [0.3, 0.4) is 0 Å². The Bertz CT molecular complexity index is 616. The van der Waals surface area contributed by atoms with Crippen LogP contribution in [0.2, 0.25) is 5.02 Å². The lowest BCUT2D eigenvalue weighted by Gasteiger charge is -2.17. The Morgan fingerprint density at radius 2 is 2.00 bits per heavy atom. The molecule has 2 aromatic rings. The van der Waals surface area contributed by atoms with Gasteiger partial charge in [0.05, 0.1) is 18.8 Å². The number of pyridine rings is 1. The third kappa shape index (κ3) is 6.16. The molecule has 0 fully saturated rings. The van der Waals surface area contributed by atoms with Gasteiger partial charge in [-0.25, -0.2) is 0 Å². The number of guanidine groups is 1. The molecule has 0 saturated heterocycles. The molecule has 0 aliphatic carbocycles. The Morgan fingerprint density at radius 3 is 2.65 bits per heavy atom. The zero-order valence-corrected chi connectivity index (χ0v) is 14.0. The topological polar surface area (TPSA) is 58.5 Å². The van der Waals surface area contributed by atoms with Gasteiger partial charge in [-0.3, -0.25) is 9.98 Å². The number of nitrogens with zero attached hydrogens (tertiary/aromatic N) is 2. The molecule has 0 spiro atoms. The number of nitrogens with one attached hydrogen (secondary N) is 2. The van der Waals surface area contributed by atoms with Crippen molar-refractivity contribution in [1.82, 2.24) is 15.6 Å². The fraction of sp³-hybridized carbons (Fsp3) is 0.294. The van der Waals surface area contributed by atoms with Crippen LogP contribution in [-0.4, -0.2) is 30.6 Å². The Morgan fingerprint density at radius 1 is 1.22 bits per heavy atom. The smallest absolute Gasteiger partial charge is 0.191 e. The molecule has 0 aliphatic heterocycles. The highest BCUT2D eigenvalue weighted by atomic mass is 35.5. The lowest BCUT2D eigenvalue weighted by atomic mass is 10.3. The molecular weight excluding hydrogens is 312 g/mol. The molecule has 122 valence electrons. The van der Waals surface area contributed by atoms with Crippen molar-refractivity contribution in [3.8, 4) is 5.75 Å². The van der Waals surface area contributed by atoms with E-state index in [-0.39, 0.29) is 6.10 Å². The summed E-state index contributed by atoms with van der Waals surface area (Å²) in [4.78, 5) is 8.45. The van der Waals surface area contributed by atoms with Crippen molar-refractivity contribution in [2.75, 3.05) is 13.6 Å². The fourth-order valence-electron chi connectivity index (χ4n) is 1.93. The van der Waals surface area contributed by atoms with E-state index in [0.29, 0.717) is 24.1 Å². The van der Waals surface area contributed by atoms with E-state index in [0.717, 1.165) is 11.4 Å². The summed E-state index contributed by atoms with van der Waals surface area (Å²) in [6.45, 7) is 3.24. The number of benzene rings is 1. The van der Waals surface area contributed by atoms with Crippen LogP contribution in [0, 0.1) is 0 Å². The molecular formula is C17H21ClN4O. The van der Waals surface area contributed by atoms with Gasteiger partial charge in [-0.15, -0.1) is 0 Å². The van der Waals surface area contributed by atoms with E-state index in [4.69, 9.17) is 16.3 Å². The summed E-state index contributed by atoms with van der Waals surface area (Å²) in [6.07, 6.45) is 1.76. The minimum Gasteiger partial charge on any atom is -0.489 e. The lowest BCUT2D eigenvalue weighted by Crippen LogP contribution is -2.41. The first-order valence-electron chi connectivity index (χ1n) is 7.44. The number of ether oxygens (including phenoxy) is 1. The molecule has 23 heavy (non-hydrogen) atoms. The van der Waals surface area contributed by atoms with Gasteiger partial charge in [0, 0.05) is 18.3 Å². The molecule has 0 aliphatic rings. The predicted octanol–water partition coefficient (Wildman–Crippen LogP) is 2.87. The van der Waals surface area contributed by atoms with Crippen LogP contribution in [0.25, 0.3) is 0 Å². The maximum atomic E-state index is 5.86. The molecule has 0 amide bonds. The third-order valence-corrected chi connectivity index (χ3v) is 3.35. The van der Waals surface area contributed by atoms with Crippen molar-refractivity contribution in [3.05, 3.63) is 59.4 Å². The SMILES string of the molecule is CN=C(NCc1ccccn1)NCC(C)Oc1ccc(Cl)cc1. The molecule has 1 aromatic heterocycles. The Kier molecular flexibility index (Phi) is 6.69. The zero-order valence-electron chi connectivity index (χ0n) is 13.3. The van der Waals surface area contributed by atoms with Gasteiger partial charge in [-0.1, -0.05) is 17.7 Å². The summed E-state index contributed by atoms with van der Waals surface area (Å²) in [5.41, 5.74) is 0.959. The molecule has 2 rings (SSSR count). The van der Waals surface area contributed by atoms with Gasteiger partial charge in [0.2, 0.25) is 0 Å². The number of hydrogen-bond acceptors (Lipinski definition) is 3. The molecule has 1 unspecified atom stereocenters. The minimum absolute atomic E-state index is 0.00965. The van der Waals surface area contributed by atoms with Crippen LogP contribution in [0.4, 0.5) is 0 Å².